The summed E-state index contributed by atoms with van der Waals surface area (Å²) in [6.45, 7) is 1.10. The molecule has 0 amide bonds. The van der Waals surface area contributed by atoms with Gasteiger partial charge in [-0.3, -0.25) is 4.99 Å². The zero-order valence-corrected chi connectivity index (χ0v) is 14.7. The lowest BCUT2D eigenvalue weighted by molar-refractivity contribution is 0.553. The van der Waals surface area contributed by atoms with Crippen LogP contribution in [0.5, 0.6) is 0 Å². The Labute approximate surface area is 151 Å². The van der Waals surface area contributed by atoms with E-state index in [1.165, 1.54) is 29.1 Å². The number of guanidine groups is 1. The van der Waals surface area contributed by atoms with E-state index in [9.17, 15) is 8.78 Å². The van der Waals surface area contributed by atoms with Crippen LogP contribution in [0.25, 0.3) is 10.9 Å². The summed E-state index contributed by atoms with van der Waals surface area (Å²) < 4.78 is 27.3. The fourth-order valence-corrected chi connectivity index (χ4v) is 2.95. The monoisotopic (exact) mass is 356 g/mol. The molecule has 0 bridgehead atoms. The maximum atomic E-state index is 13.6. The third kappa shape index (κ3) is 4.20. The summed E-state index contributed by atoms with van der Waals surface area (Å²) in [4.78, 5) is 7.40. The molecule has 0 fully saturated rings. The number of nitrogens with one attached hydrogen (secondary N) is 3. The summed E-state index contributed by atoms with van der Waals surface area (Å²) in [5.41, 5.74) is 2.45. The molecular formula is C20H22F2N4. The van der Waals surface area contributed by atoms with E-state index < -0.39 is 11.6 Å². The highest BCUT2D eigenvalue weighted by molar-refractivity contribution is 5.83. The van der Waals surface area contributed by atoms with E-state index >= 15 is 0 Å². The van der Waals surface area contributed by atoms with Crippen molar-refractivity contribution in [1.82, 2.24) is 15.6 Å². The van der Waals surface area contributed by atoms with Crippen LogP contribution in [-0.2, 0) is 12.8 Å². The topological polar surface area (TPSA) is 52.2 Å². The molecule has 1 aromatic heterocycles. The number of para-hydroxylation sites is 1. The van der Waals surface area contributed by atoms with Crippen LogP contribution in [0.2, 0.25) is 0 Å². The van der Waals surface area contributed by atoms with E-state index in [0.29, 0.717) is 19.0 Å². The number of H-pyrrole nitrogens is 1. The van der Waals surface area contributed by atoms with Gasteiger partial charge in [-0.15, -0.1) is 0 Å². The number of aromatic nitrogens is 1. The SMILES string of the molecule is CN=C(NCCc1c(F)cccc1F)NCCc1c[nH]c2ccccc12. The summed E-state index contributed by atoms with van der Waals surface area (Å²) in [7, 11) is 1.67. The predicted molar refractivity (Wildman–Crippen MR) is 101 cm³/mol. The predicted octanol–water partition coefficient (Wildman–Crippen LogP) is 3.40. The van der Waals surface area contributed by atoms with Gasteiger partial charge in [-0.25, -0.2) is 8.78 Å². The Morgan fingerprint density at radius 1 is 0.962 bits per heavy atom. The molecule has 2 aromatic carbocycles. The van der Waals surface area contributed by atoms with Gasteiger partial charge in [-0.2, -0.15) is 0 Å². The van der Waals surface area contributed by atoms with E-state index in [1.54, 1.807) is 7.05 Å². The molecule has 0 unspecified atom stereocenters. The number of benzene rings is 2. The van der Waals surface area contributed by atoms with Crippen molar-refractivity contribution in [1.29, 1.82) is 0 Å². The van der Waals surface area contributed by atoms with Gasteiger partial charge in [0.15, 0.2) is 5.96 Å². The van der Waals surface area contributed by atoms with E-state index in [-0.39, 0.29) is 12.0 Å². The van der Waals surface area contributed by atoms with Crippen LogP contribution < -0.4 is 10.6 Å². The molecule has 3 aromatic rings. The Morgan fingerprint density at radius 2 is 1.65 bits per heavy atom. The fourth-order valence-electron chi connectivity index (χ4n) is 2.95. The molecule has 1 heterocycles. The molecule has 0 aliphatic carbocycles. The molecule has 6 heteroatoms. The van der Waals surface area contributed by atoms with Crippen LogP contribution in [0.3, 0.4) is 0 Å². The Balaban J connectivity index is 1.48. The van der Waals surface area contributed by atoms with Gasteiger partial charge in [0, 0.05) is 42.8 Å². The van der Waals surface area contributed by atoms with Gasteiger partial charge in [0.2, 0.25) is 0 Å². The lowest BCUT2D eigenvalue weighted by Gasteiger charge is -2.12. The minimum atomic E-state index is -0.519. The number of nitrogens with zero attached hydrogens (tertiary/aromatic N) is 1. The molecule has 136 valence electrons. The molecule has 0 saturated heterocycles. The van der Waals surface area contributed by atoms with E-state index in [1.807, 2.05) is 18.3 Å². The Bertz CT molecular complexity index is 881. The quantitative estimate of drug-likeness (QED) is 0.468. The lowest BCUT2D eigenvalue weighted by atomic mass is 10.1. The first-order chi connectivity index (χ1) is 12.7. The zero-order chi connectivity index (χ0) is 18.4. The van der Waals surface area contributed by atoms with Gasteiger partial charge in [0.05, 0.1) is 0 Å². The van der Waals surface area contributed by atoms with Crippen LogP contribution in [0.1, 0.15) is 11.1 Å². The second-order valence-corrected chi connectivity index (χ2v) is 5.99. The van der Waals surface area contributed by atoms with E-state index in [2.05, 4.69) is 32.7 Å². The highest BCUT2D eigenvalue weighted by Gasteiger charge is 2.08. The summed E-state index contributed by atoms with van der Waals surface area (Å²) in [6.07, 6.45) is 3.11. The van der Waals surface area contributed by atoms with Gasteiger partial charge in [0.25, 0.3) is 0 Å². The van der Waals surface area contributed by atoms with Gasteiger partial charge < -0.3 is 15.6 Å². The number of halogens is 2. The first-order valence-corrected chi connectivity index (χ1v) is 8.61. The van der Waals surface area contributed by atoms with Crippen molar-refractivity contribution in [3.8, 4) is 0 Å². The van der Waals surface area contributed by atoms with Gasteiger partial charge in [-0.05, 0) is 36.6 Å². The molecule has 0 aliphatic heterocycles. The molecular weight excluding hydrogens is 334 g/mol. The van der Waals surface area contributed by atoms with Crippen molar-refractivity contribution in [2.24, 2.45) is 4.99 Å². The van der Waals surface area contributed by atoms with Crippen LogP contribution in [0, 0.1) is 11.6 Å². The Kier molecular flexibility index (Phi) is 5.84. The number of rotatable bonds is 6. The van der Waals surface area contributed by atoms with Gasteiger partial charge in [-0.1, -0.05) is 24.3 Å². The molecule has 0 spiro atoms. The molecule has 0 atom stereocenters. The normalized spacial score (nSPS) is 11.7. The van der Waals surface area contributed by atoms with Gasteiger partial charge in [0.1, 0.15) is 11.6 Å². The van der Waals surface area contributed by atoms with E-state index in [4.69, 9.17) is 0 Å². The standard InChI is InChI=1S/C20H22F2N4/c1-23-20(25-12-10-16-17(21)6-4-7-18(16)22)24-11-9-14-13-26-19-8-3-2-5-15(14)19/h2-8,13,26H,9-12H2,1H3,(H2,23,24,25). The summed E-state index contributed by atoms with van der Waals surface area (Å²) in [5, 5.41) is 7.53. The van der Waals surface area contributed by atoms with Crippen molar-refractivity contribution in [3.63, 3.8) is 0 Å². The highest BCUT2D eigenvalue weighted by atomic mass is 19.1. The zero-order valence-electron chi connectivity index (χ0n) is 14.7. The molecule has 0 radical (unpaired) electrons. The molecule has 26 heavy (non-hydrogen) atoms. The summed E-state index contributed by atoms with van der Waals surface area (Å²) in [6, 6.07) is 12.1. The average Bonchev–Trinajstić information content (AvgIpc) is 3.06. The van der Waals surface area contributed by atoms with Crippen molar-refractivity contribution < 1.29 is 8.78 Å². The number of hydrogen-bond acceptors (Lipinski definition) is 1. The number of hydrogen-bond donors (Lipinski definition) is 3. The summed E-state index contributed by atoms with van der Waals surface area (Å²) >= 11 is 0. The van der Waals surface area contributed by atoms with Gasteiger partial charge >= 0.3 is 0 Å². The molecule has 0 aliphatic rings. The fraction of sp³-hybridized carbons (Fsp3) is 0.250. The largest absolute Gasteiger partial charge is 0.361 e. The van der Waals surface area contributed by atoms with Crippen molar-refractivity contribution in [2.75, 3.05) is 20.1 Å². The van der Waals surface area contributed by atoms with Crippen LogP contribution >= 0.6 is 0 Å². The van der Waals surface area contributed by atoms with Crippen molar-refractivity contribution in [2.45, 2.75) is 12.8 Å². The van der Waals surface area contributed by atoms with Crippen LogP contribution in [0.4, 0.5) is 8.78 Å². The summed E-state index contributed by atoms with van der Waals surface area (Å²) in [5.74, 6) is -0.426. The Morgan fingerprint density at radius 3 is 2.38 bits per heavy atom. The molecule has 3 rings (SSSR count). The van der Waals surface area contributed by atoms with Crippen LogP contribution in [0.15, 0.2) is 53.7 Å². The second kappa shape index (κ2) is 8.47. The number of fused-ring (bicyclic) bond motifs is 1. The first-order valence-electron chi connectivity index (χ1n) is 8.61. The molecule has 4 nitrogen and oxygen atoms in total. The molecule has 0 saturated carbocycles. The maximum Gasteiger partial charge on any atom is 0.190 e. The van der Waals surface area contributed by atoms with Crippen molar-refractivity contribution in [3.05, 3.63) is 71.4 Å². The third-order valence-electron chi connectivity index (χ3n) is 4.31. The average molecular weight is 356 g/mol. The Hall–Kier alpha value is -2.89. The maximum absolute atomic E-state index is 13.6. The lowest BCUT2D eigenvalue weighted by Crippen LogP contribution is -2.39. The van der Waals surface area contributed by atoms with Crippen molar-refractivity contribution >= 4 is 16.9 Å². The van der Waals surface area contributed by atoms with E-state index in [0.717, 1.165) is 11.9 Å². The number of aromatic amines is 1. The van der Waals surface area contributed by atoms with Crippen LogP contribution in [-0.4, -0.2) is 31.1 Å². The second-order valence-electron chi connectivity index (χ2n) is 5.99. The minimum Gasteiger partial charge on any atom is -0.361 e. The minimum absolute atomic E-state index is 0.0919. The molecule has 3 N–H and O–H groups in total. The highest BCUT2D eigenvalue weighted by Crippen LogP contribution is 2.17. The third-order valence-corrected chi connectivity index (χ3v) is 4.31. The smallest absolute Gasteiger partial charge is 0.190 e. The first kappa shape index (κ1) is 17.9. The number of aliphatic imine (C=N–C) groups is 1.